The molecule has 3 rings (SSSR count). The van der Waals surface area contributed by atoms with E-state index in [-0.39, 0.29) is 18.1 Å². The molecule has 0 radical (unpaired) electrons. The Kier molecular flexibility index (Phi) is 6.83. The predicted octanol–water partition coefficient (Wildman–Crippen LogP) is 2.22. The number of anilines is 1. The maximum Gasteiger partial charge on any atom is 0.341 e. The van der Waals surface area contributed by atoms with E-state index < -0.39 is 5.97 Å². The molecule has 28 heavy (non-hydrogen) atoms. The first-order valence-corrected chi connectivity index (χ1v) is 10.4. The number of quaternary nitrogens is 1. The molecule has 1 aliphatic heterocycles. The Morgan fingerprint density at radius 2 is 1.89 bits per heavy atom. The van der Waals surface area contributed by atoms with Gasteiger partial charge >= 0.3 is 5.97 Å². The molecule has 7 heteroatoms. The number of hydrogen-bond donors (Lipinski definition) is 2. The van der Waals surface area contributed by atoms with Crippen molar-refractivity contribution in [1.29, 1.82) is 0 Å². The lowest BCUT2D eigenvalue weighted by Crippen LogP contribution is -3.15. The summed E-state index contributed by atoms with van der Waals surface area (Å²) in [5.41, 5.74) is 2.10. The Labute approximate surface area is 169 Å². The van der Waals surface area contributed by atoms with Crippen LogP contribution >= 0.6 is 11.3 Å². The first-order valence-electron chi connectivity index (χ1n) is 9.52. The van der Waals surface area contributed by atoms with Crippen LogP contribution in [0.5, 0.6) is 0 Å². The van der Waals surface area contributed by atoms with Gasteiger partial charge < -0.3 is 19.7 Å². The molecule has 2 unspecified atom stereocenters. The largest absolute Gasteiger partial charge is 0.465 e. The SMILES string of the molecule is COC(=O)c1c(-c2ccccc2)csc1NC(=O)CC[NH+]1CC(C)OC(C)C1. The van der Waals surface area contributed by atoms with Gasteiger partial charge in [-0.2, -0.15) is 0 Å². The van der Waals surface area contributed by atoms with Gasteiger partial charge in [0.2, 0.25) is 5.91 Å². The molecule has 2 heterocycles. The summed E-state index contributed by atoms with van der Waals surface area (Å²) in [7, 11) is 1.35. The summed E-state index contributed by atoms with van der Waals surface area (Å²) in [6.45, 7) is 6.68. The molecule has 0 saturated carbocycles. The highest BCUT2D eigenvalue weighted by atomic mass is 32.1. The number of nitrogens with one attached hydrogen (secondary N) is 2. The molecule has 1 aromatic carbocycles. The average molecular weight is 404 g/mol. The Balaban J connectivity index is 1.69. The highest BCUT2D eigenvalue weighted by Crippen LogP contribution is 2.36. The standard InChI is InChI=1S/C21H26N2O4S/c1-14-11-23(12-15(2)27-14)10-9-18(24)22-20-19(21(25)26-3)17(13-28-20)16-7-5-4-6-8-16/h4-8,13-15H,9-12H2,1-3H3,(H,22,24)/p+1. The van der Waals surface area contributed by atoms with Crippen molar-refractivity contribution in [2.45, 2.75) is 32.5 Å². The third-order valence-corrected chi connectivity index (χ3v) is 5.74. The molecule has 1 fully saturated rings. The third kappa shape index (κ3) is 4.98. The quantitative estimate of drug-likeness (QED) is 0.726. The van der Waals surface area contributed by atoms with E-state index in [4.69, 9.17) is 9.47 Å². The Morgan fingerprint density at radius 3 is 2.54 bits per heavy atom. The summed E-state index contributed by atoms with van der Waals surface area (Å²) in [6.07, 6.45) is 0.811. The maximum atomic E-state index is 12.5. The second kappa shape index (κ2) is 9.32. The topological polar surface area (TPSA) is 69.1 Å². The second-order valence-electron chi connectivity index (χ2n) is 7.17. The molecule has 0 spiro atoms. The van der Waals surface area contributed by atoms with Crippen LogP contribution in [0.15, 0.2) is 35.7 Å². The minimum atomic E-state index is -0.447. The Morgan fingerprint density at radius 1 is 1.21 bits per heavy atom. The van der Waals surface area contributed by atoms with Gasteiger partial charge in [-0.3, -0.25) is 4.79 Å². The lowest BCUT2D eigenvalue weighted by atomic mass is 10.0. The normalized spacial score (nSPS) is 21.9. The summed E-state index contributed by atoms with van der Waals surface area (Å²) in [5, 5.41) is 5.33. The summed E-state index contributed by atoms with van der Waals surface area (Å²) in [6, 6.07) is 9.62. The van der Waals surface area contributed by atoms with E-state index in [0.29, 0.717) is 17.0 Å². The molecule has 0 aliphatic carbocycles. The first kappa shape index (κ1) is 20.5. The molecule has 1 aromatic heterocycles. The fourth-order valence-corrected chi connectivity index (χ4v) is 4.63. The third-order valence-electron chi connectivity index (χ3n) is 4.84. The smallest absolute Gasteiger partial charge is 0.341 e. The van der Waals surface area contributed by atoms with E-state index >= 15 is 0 Å². The van der Waals surface area contributed by atoms with E-state index in [9.17, 15) is 9.59 Å². The number of thiophene rings is 1. The lowest BCUT2D eigenvalue weighted by Gasteiger charge is -2.32. The summed E-state index contributed by atoms with van der Waals surface area (Å²) < 4.78 is 10.7. The fraction of sp³-hybridized carbons (Fsp3) is 0.429. The number of hydrogen-bond acceptors (Lipinski definition) is 5. The monoisotopic (exact) mass is 403 g/mol. The van der Waals surface area contributed by atoms with E-state index in [0.717, 1.165) is 30.8 Å². The van der Waals surface area contributed by atoms with Crippen molar-refractivity contribution in [3.05, 3.63) is 41.3 Å². The van der Waals surface area contributed by atoms with Crippen LogP contribution in [0, 0.1) is 0 Å². The molecule has 2 atom stereocenters. The lowest BCUT2D eigenvalue weighted by molar-refractivity contribution is -0.914. The summed E-state index contributed by atoms with van der Waals surface area (Å²) in [4.78, 5) is 26.3. The van der Waals surface area contributed by atoms with Gasteiger partial charge in [0.15, 0.2) is 0 Å². The molecule has 2 aromatic rings. The van der Waals surface area contributed by atoms with Crippen LogP contribution in [0.1, 0.15) is 30.6 Å². The minimum absolute atomic E-state index is 0.0917. The molecule has 1 amide bonds. The van der Waals surface area contributed by atoms with E-state index in [1.165, 1.54) is 23.3 Å². The summed E-state index contributed by atoms with van der Waals surface area (Å²) in [5.74, 6) is -0.539. The maximum absolute atomic E-state index is 12.5. The number of rotatable bonds is 6. The minimum Gasteiger partial charge on any atom is -0.465 e. The molecule has 2 N–H and O–H groups in total. The van der Waals surface area contributed by atoms with Crippen LogP contribution in [0.4, 0.5) is 5.00 Å². The number of amides is 1. The van der Waals surface area contributed by atoms with Crippen LogP contribution in [0.25, 0.3) is 11.1 Å². The molecule has 6 nitrogen and oxygen atoms in total. The van der Waals surface area contributed by atoms with Crippen LogP contribution in [0.3, 0.4) is 0 Å². The number of ether oxygens (including phenoxy) is 2. The number of carbonyl (C=O) groups is 2. The van der Waals surface area contributed by atoms with Crippen molar-refractivity contribution in [3.63, 3.8) is 0 Å². The molecule has 0 bridgehead atoms. The van der Waals surface area contributed by atoms with Gasteiger partial charge in [-0.1, -0.05) is 30.3 Å². The Hall–Kier alpha value is -2.22. The highest BCUT2D eigenvalue weighted by Gasteiger charge is 2.26. The number of esters is 1. The number of benzene rings is 1. The highest BCUT2D eigenvalue weighted by molar-refractivity contribution is 7.15. The fourth-order valence-electron chi connectivity index (χ4n) is 3.66. The Bertz CT molecular complexity index is 811. The van der Waals surface area contributed by atoms with Crippen LogP contribution in [0.2, 0.25) is 0 Å². The molecule has 1 saturated heterocycles. The van der Waals surface area contributed by atoms with Crippen molar-refractivity contribution in [1.82, 2.24) is 0 Å². The van der Waals surface area contributed by atoms with Crippen molar-refractivity contribution < 1.29 is 24.0 Å². The number of carbonyl (C=O) groups excluding carboxylic acids is 2. The second-order valence-corrected chi connectivity index (χ2v) is 8.05. The van der Waals surface area contributed by atoms with Crippen molar-refractivity contribution >= 4 is 28.2 Å². The van der Waals surface area contributed by atoms with Gasteiger partial charge in [0, 0.05) is 10.9 Å². The van der Waals surface area contributed by atoms with Crippen LogP contribution in [-0.2, 0) is 14.3 Å². The van der Waals surface area contributed by atoms with Gasteiger partial charge in [-0.05, 0) is 19.4 Å². The molecule has 150 valence electrons. The molecule has 1 aliphatic rings. The van der Waals surface area contributed by atoms with E-state index in [1.54, 1.807) is 0 Å². The van der Waals surface area contributed by atoms with Gasteiger partial charge in [-0.15, -0.1) is 11.3 Å². The zero-order valence-corrected chi connectivity index (χ0v) is 17.3. The van der Waals surface area contributed by atoms with Crippen LogP contribution in [-0.4, -0.2) is 50.8 Å². The van der Waals surface area contributed by atoms with Crippen molar-refractivity contribution in [2.24, 2.45) is 0 Å². The van der Waals surface area contributed by atoms with Crippen LogP contribution < -0.4 is 10.2 Å². The van der Waals surface area contributed by atoms with Gasteiger partial charge in [-0.25, -0.2) is 4.79 Å². The van der Waals surface area contributed by atoms with Gasteiger partial charge in [0.1, 0.15) is 35.9 Å². The molecular formula is C21H27N2O4S+. The summed E-state index contributed by atoms with van der Waals surface area (Å²) >= 11 is 1.35. The average Bonchev–Trinajstić information content (AvgIpc) is 3.09. The predicted molar refractivity (Wildman–Crippen MR) is 110 cm³/mol. The van der Waals surface area contributed by atoms with E-state index in [1.807, 2.05) is 35.7 Å². The first-order chi connectivity index (χ1) is 13.5. The number of morpholine rings is 1. The van der Waals surface area contributed by atoms with E-state index in [2.05, 4.69) is 19.2 Å². The zero-order chi connectivity index (χ0) is 20.1. The zero-order valence-electron chi connectivity index (χ0n) is 16.5. The van der Waals surface area contributed by atoms with Gasteiger partial charge in [0.25, 0.3) is 0 Å². The molecular weight excluding hydrogens is 376 g/mol. The van der Waals surface area contributed by atoms with Gasteiger partial charge in [0.05, 0.1) is 20.1 Å². The number of methoxy groups -OCH3 is 1. The van der Waals surface area contributed by atoms with Crippen molar-refractivity contribution in [2.75, 3.05) is 32.1 Å². The van der Waals surface area contributed by atoms with Crippen molar-refractivity contribution in [3.8, 4) is 11.1 Å².